The third-order valence-electron chi connectivity index (χ3n) is 3.16. The van der Waals surface area contributed by atoms with Crippen molar-refractivity contribution in [1.29, 1.82) is 0 Å². The summed E-state index contributed by atoms with van der Waals surface area (Å²) in [5.74, 6) is 2.56. The molecule has 0 aromatic heterocycles. The summed E-state index contributed by atoms with van der Waals surface area (Å²) in [6.45, 7) is 4.71. The molecule has 0 aliphatic carbocycles. The van der Waals surface area contributed by atoms with Gasteiger partial charge in [0, 0.05) is 23.9 Å². The minimum Gasteiger partial charge on any atom is -0.396 e. The van der Waals surface area contributed by atoms with Crippen molar-refractivity contribution in [1.82, 2.24) is 5.32 Å². The Bertz CT molecular complexity index is 159. The van der Waals surface area contributed by atoms with E-state index in [-0.39, 0.29) is 12.1 Å². The molecule has 1 rings (SSSR count). The van der Waals surface area contributed by atoms with Crippen LogP contribution in [-0.2, 0) is 0 Å². The van der Waals surface area contributed by atoms with Crippen molar-refractivity contribution in [2.75, 3.05) is 18.1 Å². The van der Waals surface area contributed by atoms with Crippen LogP contribution in [-0.4, -0.2) is 34.8 Å². The predicted octanol–water partition coefficient (Wildman–Crippen LogP) is 2.02. The normalized spacial score (nSPS) is 27.2. The van der Waals surface area contributed by atoms with Gasteiger partial charge in [-0.25, -0.2) is 0 Å². The van der Waals surface area contributed by atoms with Crippen LogP contribution in [0.4, 0.5) is 0 Å². The average Bonchev–Trinajstić information content (AvgIpc) is 2.20. The third kappa shape index (κ3) is 3.79. The van der Waals surface area contributed by atoms with E-state index in [1.165, 1.54) is 24.3 Å². The van der Waals surface area contributed by atoms with Crippen LogP contribution in [0, 0.1) is 0 Å². The number of hydrogen-bond acceptors (Lipinski definition) is 3. The first-order chi connectivity index (χ1) is 6.70. The smallest absolute Gasteiger partial charge is 0.0448 e. The molecule has 1 heterocycles. The molecule has 2 N–H and O–H groups in total. The summed E-state index contributed by atoms with van der Waals surface area (Å²) in [5.41, 5.74) is 0.136. The Hall–Kier alpha value is 0.270. The Balaban J connectivity index is 2.37. The molecule has 2 nitrogen and oxygen atoms in total. The number of aliphatic hydroxyl groups excluding tert-OH is 1. The molecule has 0 bridgehead atoms. The quantitative estimate of drug-likeness (QED) is 0.739. The van der Waals surface area contributed by atoms with E-state index in [0.29, 0.717) is 6.04 Å². The maximum absolute atomic E-state index is 9.02. The van der Waals surface area contributed by atoms with Crippen LogP contribution in [0.2, 0.25) is 0 Å². The van der Waals surface area contributed by atoms with Crippen LogP contribution in [0.3, 0.4) is 0 Å². The fourth-order valence-corrected chi connectivity index (χ4v) is 3.02. The van der Waals surface area contributed by atoms with Gasteiger partial charge in [-0.3, -0.25) is 0 Å². The molecule has 0 aromatic rings. The van der Waals surface area contributed by atoms with E-state index in [0.717, 1.165) is 12.8 Å². The zero-order chi connectivity index (χ0) is 10.4. The molecular weight excluding hydrogens is 194 g/mol. The van der Waals surface area contributed by atoms with Crippen molar-refractivity contribution in [3.8, 4) is 0 Å². The van der Waals surface area contributed by atoms with Crippen LogP contribution < -0.4 is 5.32 Å². The fourth-order valence-electron chi connectivity index (χ4n) is 1.95. The summed E-state index contributed by atoms with van der Waals surface area (Å²) in [4.78, 5) is 0. The summed E-state index contributed by atoms with van der Waals surface area (Å²) < 4.78 is 0. The van der Waals surface area contributed by atoms with Gasteiger partial charge in [-0.1, -0.05) is 6.92 Å². The zero-order valence-corrected chi connectivity index (χ0v) is 10.2. The third-order valence-corrected chi connectivity index (χ3v) is 4.37. The maximum Gasteiger partial charge on any atom is 0.0448 e. The van der Waals surface area contributed by atoms with Crippen molar-refractivity contribution in [3.63, 3.8) is 0 Å². The highest BCUT2D eigenvalue weighted by Crippen LogP contribution is 2.22. The fraction of sp³-hybridized carbons (Fsp3) is 1.00. The first-order valence-electron chi connectivity index (χ1n) is 5.66. The lowest BCUT2D eigenvalue weighted by molar-refractivity contribution is 0.202. The molecule has 14 heavy (non-hydrogen) atoms. The van der Waals surface area contributed by atoms with Crippen molar-refractivity contribution < 1.29 is 5.11 Å². The van der Waals surface area contributed by atoms with E-state index < -0.39 is 0 Å². The molecule has 84 valence electrons. The highest BCUT2D eigenvalue weighted by atomic mass is 32.2. The van der Waals surface area contributed by atoms with Gasteiger partial charge in [0.15, 0.2) is 0 Å². The van der Waals surface area contributed by atoms with Crippen molar-refractivity contribution in [3.05, 3.63) is 0 Å². The van der Waals surface area contributed by atoms with Gasteiger partial charge in [-0.15, -0.1) is 0 Å². The standard InChI is InChI=1S/C11H23NOS/c1-3-11(2,6-7-13)12-10-5-4-8-14-9-10/h10,12-13H,3-9H2,1-2H3. The van der Waals surface area contributed by atoms with Gasteiger partial charge in [0.25, 0.3) is 0 Å². The lowest BCUT2D eigenvalue weighted by atomic mass is 9.93. The first kappa shape index (κ1) is 12.3. The number of rotatable bonds is 5. The van der Waals surface area contributed by atoms with Crippen LogP contribution in [0.15, 0.2) is 0 Å². The van der Waals surface area contributed by atoms with Crippen molar-refractivity contribution in [2.45, 2.75) is 51.1 Å². The number of aliphatic hydroxyl groups is 1. The Labute approximate surface area is 91.9 Å². The topological polar surface area (TPSA) is 32.3 Å². The molecule has 1 fully saturated rings. The Morgan fingerprint density at radius 2 is 2.36 bits per heavy atom. The second kappa shape index (κ2) is 5.99. The first-order valence-corrected chi connectivity index (χ1v) is 6.82. The van der Waals surface area contributed by atoms with E-state index in [9.17, 15) is 0 Å². The maximum atomic E-state index is 9.02. The molecule has 2 unspecified atom stereocenters. The van der Waals surface area contributed by atoms with E-state index >= 15 is 0 Å². The molecule has 1 aliphatic rings. The molecule has 0 spiro atoms. The molecule has 0 saturated carbocycles. The van der Waals surface area contributed by atoms with Gasteiger partial charge in [0.1, 0.15) is 0 Å². The lowest BCUT2D eigenvalue weighted by Crippen LogP contribution is -2.50. The molecule has 1 aliphatic heterocycles. The number of thioether (sulfide) groups is 1. The van der Waals surface area contributed by atoms with Crippen LogP contribution in [0.5, 0.6) is 0 Å². The molecular formula is C11H23NOS. The van der Waals surface area contributed by atoms with Gasteiger partial charge in [-0.2, -0.15) is 11.8 Å². The highest BCUT2D eigenvalue weighted by Gasteiger charge is 2.25. The number of hydrogen-bond donors (Lipinski definition) is 2. The average molecular weight is 217 g/mol. The second-order valence-corrected chi connectivity index (χ2v) is 5.60. The summed E-state index contributed by atoms with van der Waals surface area (Å²) in [5, 5.41) is 12.7. The van der Waals surface area contributed by atoms with E-state index in [1.54, 1.807) is 0 Å². The highest BCUT2D eigenvalue weighted by molar-refractivity contribution is 7.99. The number of nitrogens with one attached hydrogen (secondary N) is 1. The zero-order valence-electron chi connectivity index (χ0n) is 9.38. The van der Waals surface area contributed by atoms with Gasteiger partial charge < -0.3 is 10.4 Å². The summed E-state index contributed by atoms with van der Waals surface area (Å²) in [6.07, 6.45) is 4.59. The molecule has 3 heteroatoms. The van der Waals surface area contributed by atoms with E-state index in [1.807, 2.05) is 11.8 Å². The van der Waals surface area contributed by atoms with Crippen LogP contribution in [0.25, 0.3) is 0 Å². The van der Waals surface area contributed by atoms with E-state index in [2.05, 4.69) is 19.2 Å². The van der Waals surface area contributed by atoms with Crippen LogP contribution >= 0.6 is 11.8 Å². The van der Waals surface area contributed by atoms with Gasteiger partial charge in [0.2, 0.25) is 0 Å². The lowest BCUT2D eigenvalue weighted by Gasteiger charge is -2.35. The molecule has 2 atom stereocenters. The summed E-state index contributed by atoms with van der Waals surface area (Å²) in [6, 6.07) is 0.658. The Kier molecular flexibility index (Phi) is 5.28. The summed E-state index contributed by atoms with van der Waals surface area (Å²) >= 11 is 2.05. The van der Waals surface area contributed by atoms with Gasteiger partial charge in [0.05, 0.1) is 0 Å². The van der Waals surface area contributed by atoms with E-state index in [4.69, 9.17) is 5.11 Å². The molecule has 0 amide bonds. The minimum absolute atomic E-state index is 0.136. The molecule has 1 saturated heterocycles. The van der Waals surface area contributed by atoms with Gasteiger partial charge >= 0.3 is 0 Å². The SMILES string of the molecule is CCC(C)(CCO)NC1CCCSC1. The Morgan fingerprint density at radius 3 is 2.86 bits per heavy atom. The van der Waals surface area contributed by atoms with Gasteiger partial charge in [-0.05, 0) is 38.4 Å². The van der Waals surface area contributed by atoms with Crippen molar-refractivity contribution >= 4 is 11.8 Å². The monoisotopic (exact) mass is 217 g/mol. The minimum atomic E-state index is 0.136. The predicted molar refractivity (Wildman–Crippen MR) is 63.9 cm³/mol. The summed E-state index contributed by atoms with van der Waals surface area (Å²) in [7, 11) is 0. The van der Waals surface area contributed by atoms with Crippen LogP contribution in [0.1, 0.15) is 39.5 Å². The Morgan fingerprint density at radius 1 is 1.57 bits per heavy atom. The molecule has 0 radical (unpaired) electrons. The molecule has 0 aromatic carbocycles. The van der Waals surface area contributed by atoms with Crippen molar-refractivity contribution in [2.24, 2.45) is 0 Å². The second-order valence-electron chi connectivity index (χ2n) is 4.45. The largest absolute Gasteiger partial charge is 0.396 e.